The number of nitrogens with one attached hydrogen (secondary N) is 1. The first-order valence-corrected chi connectivity index (χ1v) is 7.39. The van der Waals surface area contributed by atoms with E-state index in [0.717, 1.165) is 0 Å². The lowest BCUT2D eigenvalue weighted by molar-refractivity contribution is 0.344. The zero-order chi connectivity index (χ0) is 14.0. The second-order valence-corrected chi connectivity index (χ2v) is 6.97. The standard InChI is InChI=1S/C11H22N4O2S/c1-9(2)5-11(3,7-12)14-18(16,17)10-6-15(4)8-13-10/h6,8-9,14H,5,7,12H2,1-4H3/t11-/m1/s1. The van der Waals surface area contributed by atoms with E-state index in [-0.39, 0.29) is 11.6 Å². The number of imidazole rings is 1. The molecule has 0 unspecified atom stereocenters. The summed E-state index contributed by atoms with van der Waals surface area (Å²) in [5.74, 6) is 0.352. The van der Waals surface area contributed by atoms with Gasteiger partial charge in [-0.1, -0.05) is 13.8 Å². The van der Waals surface area contributed by atoms with Gasteiger partial charge in [-0.15, -0.1) is 0 Å². The summed E-state index contributed by atoms with van der Waals surface area (Å²) in [7, 11) is -1.89. The van der Waals surface area contributed by atoms with Crippen molar-refractivity contribution in [2.75, 3.05) is 6.54 Å². The summed E-state index contributed by atoms with van der Waals surface area (Å²) in [6.07, 6.45) is 3.60. The summed E-state index contributed by atoms with van der Waals surface area (Å²) in [6, 6.07) is 0. The molecule has 0 radical (unpaired) electrons. The molecule has 0 saturated heterocycles. The Balaban J connectivity index is 2.94. The Kier molecular flexibility index (Phi) is 4.52. The molecule has 1 atom stereocenters. The van der Waals surface area contributed by atoms with Crippen molar-refractivity contribution >= 4 is 10.0 Å². The van der Waals surface area contributed by atoms with Crippen molar-refractivity contribution in [1.29, 1.82) is 0 Å². The van der Waals surface area contributed by atoms with Crippen molar-refractivity contribution in [2.24, 2.45) is 18.7 Å². The van der Waals surface area contributed by atoms with Gasteiger partial charge in [0, 0.05) is 25.3 Å². The first kappa shape index (κ1) is 15.1. The highest BCUT2D eigenvalue weighted by Gasteiger charge is 2.31. The van der Waals surface area contributed by atoms with Crippen molar-refractivity contribution in [1.82, 2.24) is 14.3 Å². The average Bonchev–Trinajstić information content (AvgIpc) is 2.63. The SMILES string of the molecule is CC(C)C[C@](C)(CN)NS(=O)(=O)c1cn(C)cn1. The van der Waals surface area contributed by atoms with Gasteiger partial charge in [0.2, 0.25) is 0 Å². The van der Waals surface area contributed by atoms with Crippen LogP contribution in [0.1, 0.15) is 27.2 Å². The number of nitrogens with two attached hydrogens (primary N) is 1. The fourth-order valence-electron chi connectivity index (χ4n) is 1.97. The van der Waals surface area contributed by atoms with Gasteiger partial charge in [-0.25, -0.2) is 18.1 Å². The number of sulfonamides is 1. The molecule has 0 aliphatic rings. The lowest BCUT2D eigenvalue weighted by Gasteiger charge is -2.30. The van der Waals surface area contributed by atoms with Crippen molar-refractivity contribution < 1.29 is 8.42 Å². The Bertz CT molecular complexity index is 495. The van der Waals surface area contributed by atoms with Crippen LogP contribution >= 0.6 is 0 Å². The van der Waals surface area contributed by atoms with Crippen LogP contribution in [0.5, 0.6) is 0 Å². The van der Waals surface area contributed by atoms with Gasteiger partial charge in [0.25, 0.3) is 10.0 Å². The predicted molar refractivity (Wildman–Crippen MR) is 70.4 cm³/mol. The van der Waals surface area contributed by atoms with E-state index in [1.165, 1.54) is 12.5 Å². The number of aryl methyl sites for hydroxylation is 1. The Morgan fingerprint density at radius 3 is 2.56 bits per heavy atom. The Labute approximate surface area is 109 Å². The van der Waals surface area contributed by atoms with Crippen molar-refractivity contribution in [3.63, 3.8) is 0 Å². The first-order chi connectivity index (χ1) is 8.18. The van der Waals surface area contributed by atoms with Crippen molar-refractivity contribution in [2.45, 2.75) is 37.8 Å². The largest absolute Gasteiger partial charge is 0.339 e. The summed E-state index contributed by atoms with van der Waals surface area (Å²) >= 11 is 0. The van der Waals surface area contributed by atoms with E-state index >= 15 is 0 Å². The van der Waals surface area contributed by atoms with Gasteiger partial charge in [-0.05, 0) is 19.3 Å². The molecule has 0 aliphatic heterocycles. The summed E-state index contributed by atoms with van der Waals surface area (Å²) in [5.41, 5.74) is 5.04. The van der Waals surface area contributed by atoms with Gasteiger partial charge >= 0.3 is 0 Å². The van der Waals surface area contributed by atoms with E-state index in [2.05, 4.69) is 9.71 Å². The monoisotopic (exact) mass is 274 g/mol. The normalized spacial score (nSPS) is 15.9. The van der Waals surface area contributed by atoms with Gasteiger partial charge in [0.05, 0.1) is 6.33 Å². The molecule has 7 heteroatoms. The molecule has 1 aromatic heterocycles. The molecule has 0 saturated carbocycles. The number of hydrogen-bond acceptors (Lipinski definition) is 4. The fourth-order valence-corrected chi connectivity index (χ4v) is 3.38. The van der Waals surface area contributed by atoms with Gasteiger partial charge < -0.3 is 10.3 Å². The maximum Gasteiger partial charge on any atom is 0.260 e. The molecular formula is C11H22N4O2S. The molecule has 0 aromatic carbocycles. The van der Waals surface area contributed by atoms with E-state index < -0.39 is 15.6 Å². The molecule has 104 valence electrons. The van der Waals surface area contributed by atoms with Gasteiger partial charge in [0.1, 0.15) is 0 Å². The van der Waals surface area contributed by atoms with Crippen molar-refractivity contribution in [3.05, 3.63) is 12.5 Å². The number of hydrogen-bond donors (Lipinski definition) is 2. The third kappa shape index (κ3) is 3.79. The van der Waals surface area contributed by atoms with Crippen LogP contribution in [0.15, 0.2) is 17.6 Å². The highest BCUT2D eigenvalue weighted by Crippen LogP contribution is 2.18. The van der Waals surface area contributed by atoms with E-state index in [1.54, 1.807) is 11.6 Å². The Morgan fingerprint density at radius 2 is 2.17 bits per heavy atom. The van der Waals surface area contributed by atoms with E-state index in [0.29, 0.717) is 12.3 Å². The molecule has 1 rings (SSSR count). The van der Waals surface area contributed by atoms with E-state index in [4.69, 9.17) is 5.73 Å². The summed E-state index contributed by atoms with van der Waals surface area (Å²) in [6.45, 7) is 6.12. The van der Waals surface area contributed by atoms with Crippen LogP contribution in [-0.2, 0) is 17.1 Å². The number of rotatable bonds is 6. The maximum atomic E-state index is 12.2. The molecule has 1 heterocycles. The Hall–Kier alpha value is -0.920. The number of nitrogens with zero attached hydrogens (tertiary/aromatic N) is 2. The molecule has 6 nitrogen and oxygen atoms in total. The predicted octanol–water partition coefficient (Wildman–Crippen LogP) is 0.462. The minimum atomic E-state index is -3.62. The minimum Gasteiger partial charge on any atom is -0.339 e. The molecular weight excluding hydrogens is 252 g/mol. The molecule has 0 bridgehead atoms. The number of aromatic nitrogens is 2. The zero-order valence-electron chi connectivity index (χ0n) is 11.3. The third-order valence-corrected chi connectivity index (χ3v) is 4.17. The lowest BCUT2D eigenvalue weighted by Crippen LogP contribution is -2.52. The van der Waals surface area contributed by atoms with Crippen LogP contribution in [0, 0.1) is 5.92 Å². The highest BCUT2D eigenvalue weighted by atomic mass is 32.2. The van der Waals surface area contributed by atoms with Gasteiger partial charge in [-0.2, -0.15) is 0 Å². The summed E-state index contributed by atoms with van der Waals surface area (Å²) in [5, 5.41) is 0.0217. The van der Waals surface area contributed by atoms with Crippen LogP contribution in [0.4, 0.5) is 0 Å². The molecule has 18 heavy (non-hydrogen) atoms. The minimum absolute atomic E-state index is 0.0217. The molecule has 1 aromatic rings. The summed E-state index contributed by atoms with van der Waals surface area (Å²) in [4.78, 5) is 3.86. The second kappa shape index (κ2) is 5.38. The molecule has 0 spiro atoms. The third-order valence-electron chi connectivity index (χ3n) is 2.65. The van der Waals surface area contributed by atoms with Crippen LogP contribution in [0.25, 0.3) is 0 Å². The maximum absolute atomic E-state index is 12.2. The topological polar surface area (TPSA) is 90.0 Å². The molecule has 3 N–H and O–H groups in total. The first-order valence-electron chi connectivity index (χ1n) is 5.90. The molecule has 0 amide bonds. The smallest absolute Gasteiger partial charge is 0.260 e. The summed E-state index contributed by atoms with van der Waals surface area (Å²) < 4.78 is 28.6. The molecule has 0 fully saturated rings. The van der Waals surface area contributed by atoms with Crippen LogP contribution in [-0.4, -0.2) is 30.1 Å². The second-order valence-electron chi connectivity index (χ2n) is 5.35. The average molecular weight is 274 g/mol. The molecule has 0 aliphatic carbocycles. The Morgan fingerprint density at radius 1 is 1.56 bits per heavy atom. The lowest BCUT2D eigenvalue weighted by atomic mass is 9.92. The van der Waals surface area contributed by atoms with Crippen molar-refractivity contribution in [3.8, 4) is 0 Å². The van der Waals surface area contributed by atoms with E-state index in [9.17, 15) is 8.42 Å². The zero-order valence-corrected chi connectivity index (χ0v) is 12.2. The highest BCUT2D eigenvalue weighted by molar-refractivity contribution is 7.89. The fraction of sp³-hybridized carbons (Fsp3) is 0.727. The van der Waals surface area contributed by atoms with Crippen LogP contribution in [0.3, 0.4) is 0 Å². The van der Waals surface area contributed by atoms with Gasteiger partial charge in [0.15, 0.2) is 5.03 Å². The van der Waals surface area contributed by atoms with Gasteiger partial charge in [-0.3, -0.25) is 0 Å². The van der Waals surface area contributed by atoms with Crippen LogP contribution < -0.4 is 10.5 Å². The van der Waals surface area contributed by atoms with Crippen LogP contribution in [0.2, 0.25) is 0 Å². The quantitative estimate of drug-likeness (QED) is 0.788. The van der Waals surface area contributed by atoms with E-state index in [1.807, 2.05) is 20.8 Å².